The van der Waals surface area contributed by atoms with Gasteiger partial charge in [-0.05, 0) is 57.3 Å². The summed E-state index contributed by atoms with van der Waals surface area (Å²) < 4.78 is 13.6. The lowest BCUT2D eigenvalue weighted by atomic mass is 10.1. The highest BCUT2D eigenvalue weighted by Crippen LogP contribution is 2.42. The molecule has 2 N–H and O–H groups in total. The number of nitrogens with zero attached hydrogens (tertiary/aromatic N) is 5. The van der Waals surface area contributed by atoms with Gasteiger partial charge in [0.25, 0.3) is 0 Å². The highest BCUT2D eigenvalue weighted by atomic mass is 16.5. The van der Waals surface area contributed by atoms with Crippen LogP contribution in [0.15, 0.2) is 61.4 Å². The van der Waals surface area contributed by atoms with Crippen molar-refractivity contribution in [1.82, 2.24) is 19.4 Å². The summed E-state index contributed by atoms with van der Waals surface area (Å²) in [5.41, 5.74) is 5.03. The van der Waals surface area contributed by atoms with E-state index in [0.717, 1.165) is 46.7 Å². The first kappa shape index (κ1) is 28.0. The largest absolute Gasteiger partial charge is 0.497 e. The summed E-state index contributed by atoms with van der Waals surface area (Å²) in [6.07, 6.45) is 7.51. The van der Waals surface area contributed by atoms with Gasteiger partial charge in [0.15, 0.2) is 0 Å². The van der Waals surface area contributed by atoms with E-state index in [4.69, 9.17) is 14.5 Å². The van der Waals surface area contributed by atoms with Gasteiger partial charge in [-0.25, -0.2) is 9.97 Å². The van der Waals surface area contributed by atoms with Crippen molar-refractivity contribution in [2.24, 2.45) is 0 Å². The second-order valence-electron chi connectivity index (χ2n) is 10.4. The van der Waals surface area contributed by atoms with Crippen molar-refractivity contribution in [3.63, 3.8) is 0 Å². The molecular formula is C31H37N7O3. The van der Waals surface area contributed by atoms with E-state index in [1.165, 1.54) is 18.9 Å². The molecule has 1 amide bonds. The van der Waals surface area contributed by atoms with E-state index in [0.29, 0.717) is 29.1 Å². The number of nitrogens with one attached hydrogen (secondary N) is 2. The minimum absolute atomic E-state index is 0.301. The molecule has 10 nitrogen and oxygen atoms in total. The maximum absolute atomic E-state index is 12.3. The number of carbonyl (C=O) groups excluding carboxylic acids is 1. The van der Waals surface area contributed by atoms with Crippen molar-refractivity contribution in [3.8, 4) is 22.8 Å². The molecule has 1 aliphatic carbocycles. The second kappa shape index (κ2) is 11.9. The van der Waals surface area contributed by atoms with Crippen LogP contribution < -0.4 is 25.0 Å². The van der Waals surface area contributed by atoms with Crippen LogP contribution >= 0.6 is 0 Å². The van der Waals surface area contributed by atoms with Crippen LogP contribution in [0, 0.1) is 0 Å². The lowest BCUT2D eigenvalue weighted by Gasteiger charge is -2.26. The molecule has 1 saturated carbocycles. The quantitative estimate of drug-likeness (QED) is 0.227. The summed E-state index contributed by atoms with van der Waals surface area (Å²) in [5, 5.41) is 7.35. The summed E-state index contributed by atoms with van der Waals surface area (Å²) in [6.45, 7) is 5.20. The minimum atomic E-state index is -0.301. The smallest absolute Gasteiger partial charge is 0.247 e. The molecule has 0 spiro atoms. The van der Waals surface area contributed by atoms with Crippen LogP contribution in [0.2, 0.25) is 0 Å². The zero-order chi connectivity index (χ0) is 29.1. The first-order chi connectivity index (χ1) is 19.8. The van der Waals surface area contributed by atoms with Crippen LogP contribution in [-0.4, -0.2) is 73.8 Å². The molecule has 2 aromatic carbocycles. The predicted molar refractivity (Wildman–Crippen MR) is 165 cm³/mol. The Morgan fingerprint density at radius 2 is 1.90 bits per heavy atom. The molecule has 0 unspecified atom stereocenters. The maximum Gasteiger partial charge on any atom is 0.247 e. The first-order valence-electron chi connectivity index (χ1n) is 13.6. The Kier molecular flexibility index (Phi) is 8.11. The number of methoxy groups -OCH3 is 2. The average molecular weight is 556 g/mol. The van der Waals surface area contributed by atoms with Gasteiger partial charge in [-0.1, -0.05) is 6.58 Å². The molecule has 5 rings (SSSR count). The lowest BCUT2D eigenvalue weighted by Crippen LogP contribution is -2.29. The van der Waals surface area contributed by atoms with Crippen LogP contribution in [0.3, 0.4) is 0 Å². The number of likely N-dealkylation sites (N-methyl/N-ethyl adjacent to an activating group) is 2. The van der Waals surface area contributed by atoms with E-state index in [1.807, 2.05) is 45.4 Å². The van der Waals surface area contributed by atoms with Crippen molar-refractivity contribution < 1.29 is 14.3 Å². The van der Waals surface area contributed by atoms with Gasteiger partial charge in [0.2, 0.25) is 11.9 Å². The van der Waals surface area contributed by atoms with Gasteiger partial charge >= 0.3 is 0 Å². The van der Waals surface area contributed by atoms with Gasteiger partial charge in [0.05, 0.1) is 42.5 Å². The van der Waals surface area contributed by atoms with E-state index < -0.39 is 0 Å². The van der Waals surface area contributed by atoms with Gasteiger partial charge in [0.1, 0.15) is 11.5 Å². The van der Waals surface area contributed by atoms with Crippen LogP contribution in [-0.2, 0) is 4.79 Å². The number of carbonyl (C=O) groups is 1. The van der Waals surface area contributed by atoms with E-state index in [-0.39, 0.29) is 5.91 Å². The van der Waals surface area contributed by atoms with Crippen molar-refractivity contribution in [2.45, 2.75) is 18.9 Å². The molecular weight excluding hydrogens is 518 g/mol. The van der Waals surface area contributed by atoms with Crippen LogP contribution in [0.4, 0.5) is 23.0 Å². The number of anilines is 4. The van der Waals surface area contributed by atoms with Crippen molar-refractivity contribution in [1.29, 1.82) is 0 Å². The number of rotatable bonds is 12. The Balaban J connectivity index is 1.50. The number of fused-ring (bicyclic) bond motifs is 1. The third-order valence-electron chi connectivity index (χ3n) is 7.21. The van der Waals surface area contributed by atoms with E-state index in [9.17, 15) is 4.79 Å². The Morgan fingerprint density at radius 1 is 1.10 bits per heavy atom. The van der Waals surface area contributed by atoms with Crippen molar-refractivity contribution in [3.05, 3.63) is 61.4 Å². The molecule has 1 aliphatic rings. The molecule has 214 valence electrons. The number of hydrogen-bond donors (Lipinski definition) is 2. The number of amides is 1. The average Bonchev–Trinajstić information content (AvgIpc) is 3.75. The van der Waals surface area contributed by atoms with E-state index in [1.54, 1.807) is 20.4 Å². The molecule has 1 fully saturated rings. The van der Waals surface area contributed by atoms with Gasteiger partial charge in [-0.2, -0.15) is 0 Å². The third-order valence-corrected chi connectivity index (χ3v) is 7.21. The number of ether oxygens (including phenoxy) is 2. The summed E-state index contributed by atoms with van der Waals surface area (Å²) in [4.78, 5) is 25.8. The van der Waals surface area contributed by atoms with Crippen LogP contribution in [0.1, 0.15) is 18.9 Å². The number of hydrogen-bond acceptors (Lipinski definition) is 8. The maximum atomic E-state index is 12.3. The molecule has 0 atom stereocenters. The van der Waals surface area contributed by atoms with Crippen LogP contribution in [0.5, 0.6) is 11.5 Å². The zero-order valence-electron chi connectivity index (χ0n) is 24.3. The van der Waals surface area contributed by atoms with E-state index >= 15 is 0 Å². The molecule has 41 heavy (non-hydrogen) atoms. The molecule has 0 saturated heterocycles. The summed E-state index contributed by atoms with van der Waals surface area (Å²) in [7, 11) is 9.33. The zero-order valence-corrected chi connectivity index (χ0v) is 24.3. The molecule has 10 heteroatoms. The number of benzene rings is 2. The molecule has 4 aromatic rings. The highest BCUT2D eigenvalue weighted by molar-refractivity contribution is 6.02. The van der Waals surface area contributed by atoms with Gasteiger partial charge in [-0.15, -0.1) is 0 Å². The molecule has 2 aromatic heterocycles. The predicted octanol–water partition coefficient (Wildman–Crippen LogP) is 5.32. The minimum Gasteiger partial charge on any atom is -0.497 e. The lowest BCUT2D eigenvalue weighted by molar-refractivity contribution is -0.111. The molecule has 0 aliphatic heterocycles. The fourth-order valence-corrected chi connectivity index (χ4v) is 4.81. The molecule has 0 radical (unpaired) electrons. The van der Waals surface area contributed by atoms with Crippen molar-refractivity contribution >= 4 is 39.8 Å². The van der Waals surface area contributed by atoms with E-state index in [2.05, 4.69) is 54.9 Å². The highest BCUT2D eigenvalue weighted by Gasteiger charge is 2.27. The molecule has 0 bridgehead atoms. The van der Waals surface area contributed by atoms with Gasteiger partial charge in [0, 0.05) is 61.7 Å². The number of aromatic nitrogens is 3. The van der Waals surface area contributed by atoms with Gasteiger partial charge in [-0.3, -0.25) is 4.79 Å². The topological polar surface area (TPSA) is 96.8 Å². The normalized spacial score (nSPS) is 12.8. The van der Waals surface area contributed by atoms with Crippen molar-refractivity contribution in [2.75, 3.05) is 64.0 Å². The Labute approximate surface area is 240 Å². The van der Waals surface area contributed by atoms with Crippen LogP contribution in [0.25, 0.3) is 22.2 Å². The Hall–Kier alpha value is -4.57. The fourth-order valence-electron chi connectivity index (χ4n) is 4.81. The Bertz CT molecular complexity index is 1580. The monoisotopic (exact) mass is 555 g/mol. The SMILES string of the molecule is C=CC(=O)Nc1cc(Nc2nccc(-c3cn(C4CC4)c4cc(OC)ccc34)n2)c(OC)cc1N(C)CCN(C)C. The first-order valence-corrected chi connectivity index (χ1v) is 13.6. The summed E-state index contributed by atoms with van der Waals surface area (Å²) >= 11 is 0. The Morgan fingerprint density at radius 3 is 2.59 bits per heavy atom. The fraction of sp³-hybridized carbons (Fsp3) is 0.323. The third kappa shape index (κ3) is 6.12. The second-order valence-corrected chi connectivity index (χ2v) is 10.4. The summed E-state index contributed by atoms with van der Waals surface area (Å²) in [6, 6.07) is 12.3. The summed E-state index contributed by atoms with van der Waals surface area (Å²) in [5.74, 6) is 1.54. The molecule has 2 heterocycles. The van der Waals surface area contributed by atoms with Gasteiger partial charge < -0.3 is 34.5 Å². The standard InChI is InChI=1S/C31H37N7O3/c1-7-30(39)33-25-17-26(29(41-6)18-28(25)37(4)15-14-36(2)3)35-31-32-13-12-24(34-31)23-19-38(20-8-9-20)27-16-21(40-5)10-11-22(23)27/h7,10-13,16-20H,1,8-9,14-15H2,2-6H3,(H,33,39)(H,32,34,35).